The van der Waals surface area contributed by atoms with Crippen molar-refractivity contribution in [3.05, 3.63) is 40.1 Å². The molecular weight excluding hydrogens is 346 g/mol. The number of piperidine rings is 1. The average Bonchev–Trinajstić information content (AvgIpc) is 2.68. The van der Waals surface area contributed by atoms with E-state index in [2.05, 4.69) is 25.2 Å². The zero-order valence-electron chi connectivity index (χ0n) is 16.0. The van der Waals surface area contributed by atoms with Gasteiger partial charge in [0, 0.05) is 40.4 Å². The predicted octanol–water partition coefficient (Wildman–Crippen LogP) is 0.557. The minimum atomic E-state index is -0.442. The molecule has 1 aliphatic rings. The van der Waals surface area contributed by atoms with E-state index >= 15 is 0 Å². The van der Waals surface area contributed by atoms with Crippen molar-refractivity contribution >= 4 is 17.8 Å². The van der Waals surface area contributed by atoms with Crippen LogP contribution in [0.5, 0.6) is 0 Å². The molecule has 9 heteroatoms. The molecule has 1 fully saturated rings. The molecule has 2 aromatic heterocycles. The van der Waals surface area contributed by atoms with Gasteiger partial charge in [-0.15, -0.1) is 0 Å². The summed E-state index contributed by atoms with van der Waals surface area (Å²) in [4.78, 5) is 41.9. The van der Waals surface area contributed by atoms with Gasteiger partial charge in [-0.05, 0) is 31.4 Å². The Labute approximate surface area is 158 Å². The Morgan fingerprint density at radius 1 is 1.19 bits per heavy atom. The quantitative estimate of drug-likeness (QED) is 0.820. The first-order valence-electron chi connectivity index (χ1n) is 9.07. The van der Waals surface area contributed by atoms with Crippen molar-refractivity contribution in [1.82, 2.24) is 24.8 Å². The first-order chi connectivity index (χ1) is 13.0. The second kappa shape index (κ2) is 8.15. The lowest BCUT2D eigenvalue weighted by molar-refractivity contribution is 0.0948. The van der Waals surface area contributed by atoms with Gasteiger partial charge in [-0.25, -0.2) is 0 Å². The molecule has 9 nitrogen and oxygen atoms in total. The monoisotopic (exact) mass is 371 g/mol. The molecule has 0 radical (unpaired) electrons. The Morgan fingerprint density at radius 2 is 1.93 bits per heavy atom. The number of pyridine rings is 1. The van der Waals surface area contributed by atoms with Crippen molar-refractivity contribution in [2.24, 2.45) is 7.05 Å². The van der Waals surface area contributed by atoms with Crippen molar-refractivity contribution < 1.29 is 4.79 Å². The van der Waals surface area contributed by atoms with Gasteiger partial charge in [0.1, 0.15) is 5.56 Å². The minimum Gasteiger partial charge on any atom is -0.347 e. The third kappa shape index (κ3) is 4.42. The van der Waals surface area contributed by atoms with E-state index in [1.54, 1.807) is 19.3 Å². The smallest absolute Gasteiger partial charge is 0.263 e. The van der Waals surface area contributed by atoms with E-state index in [9.17, 15) is 9.59 Å². The second-order valence-electron chi connectivity index (χ2n) is 6.81. The fraction of sp³-hybridized carbons (Fsp3) is 0.500. The van der Waals surface area contributed by atoms with Crippen LogP contribution in [0, 0.1) is 0 Å². The number of aryl methyl sites for hydroxylation is 1. The largest absolute Gasteiger partial charge is 0.347 e. The summed E-state index contributed by atoms with van der Waals surface area (Å²) in [5.41, 5.74) is -0.244. The maximum absolute atomic E-state index is 12.4. The van der Waals surface area contributed by atoms with Crippen LogP contribution < -0.4 is 20.7 Å². The van der Waals surface area contributed by atoms with Crippen LogP contribution in [0.2, 0.25) is 0 Å². The number of anilines is 2. The maximum Gasteiger partial charge on any atom is 0.263 e. The lowest BCUT2D eigenvalue weighted by Gasteiger charge is -2.27. The first kappa shape index (κ1) is 18.8. The lowest BCUT2D eigenvalue weighted by Crippen LogP contribution is -2.34. The number of hydrogen-bond donors (Lipinski definition) is 1. The van der Waals surface area contributed by atoms with Gasteiger partial charge in [-0.2, -0.15) is 15.0 Å². The topological polar surface area (TPSA) is 96.2 Å². The number of rotatable bonds is 5. The van der Waals surface area contributed by atoms with Gasteiger partial charge in [-0.3, -0.25) is 9.59 Å². The van der Waals surface area contributed by atoms with Crippen molar-refractivity contribution in [2.75, 3.05) is 37.0 Å². The molecule has 1 N–H and O–H groups in total. The van der Waals surface area contributed by atoms with Crippen LogP contribution in [0.4, 0.5) is 11.9 Å². The van der Waals surface area contributed by atoms with Crippen LogP contribution in [0.15, 0.2) is 23.1 Å². The molecule has 0 aliphatic carbocycles. The molecule has 0 spiro atoms. The number of nitrogens with zero attached hydrogens (tertiary/aromatic N) is 6. The standard InChI is InChI=1S/C18H25N7O2/c1-23(2)17-20-14(21-18(22-17)25-10-5-4-6-11-25)12-19-15(26)13-8-7-9-24(3)16(13)27/h7-9H,4-6,10-12H2,1-3H3,(H,19,26). The fourth-order valence-electron chi connectivity index (χ4n) is 2.93. The number of carbonyl (C=O) groups is 1. The second-order valence-corrected chi connectivity index (χ2v) is 6.81. The van der Waals surface area contributed by atoms with Crippen LogP contribution >= 0.6 is 0 Å². The summed E-state index contributed by atoms with van der Waals surface area (Å²) in [6.07, 6.45) is 5.06. The Bertz CT molecular complexity index is 872. The number of nitrogens with one attached hydrogen (secondary N) is 1. The molecule has 2 aromatic rings. The maximum atomic E-state index is 12.4. The summed E-state index contributed by atoms with van der Waals surface area (Å²) in [6, 6.07) is 3.17. The fourth-order valence-corrected chi connectivity index (χ4v) is 2.93. The molecule has 1 saturated heterocycles. The molecular formula is C18H25N7O2. The Morgan fingerprint density at radius 3 is 2.63 bits per heavy atom. The van der Waals surface area contributed by atoms with Crippen molar-refractivity contribution in [3.63, 3.8) is 0 Å². The highest BCUT2D eigenvalue weighted by Gasteiger charge is 2.18. The van der Waals surface area contributed by atoms with Gasteiger partial charge >= 0.3 is 0 Å². The molecule has 0 atom stereocenters. The summed E-state index contributed by atoms with van der Waals surface area (Å²) in [7, 11) is 5.34. The Kier molecular flexibility index (Phi) is 5.68. The first-order valence-corrected chi connectivity index (χ1v) is 9.07. The molecule has 3 heterocycles. The van der Waals surface area contributed by atoms with Crippen molar-refractivity contribution in [2.45, 2.75) is 25.8 Å². The van der Waals surface area contributed by atoms with E-state index in [0.717, 1.165) is 25.9 Å². The van der Waals surface area contributed by atoms with Crippen molar-refractivity contribution in [3.8, 4) is 0 Å². The molecule has 1 aliphatic heterocycles. The summed E-state index contributed by atoms with van der Waals surface area (Å²) in [5, 5.41) is 2.74. The lowest BCUT2D eigenvalue weighted by atomic mass is 10.1. The molecule has 1 amide bonds. The van der Waals surface area contributed by atoms with Crippen LogP contribution in [-0.2, 0) is 13.6 Å². The van der Waals surface area contributed by atoms with E-state index in [0.29, 0.717) is 17.7 Å². The molecule has 3 rings (SSSR count). The van der Waals surface area contributed by atoms with Crippen molar-refractivity contribution in [1.29, 1.82) is 0 Å². The number of aromatic nitrogens is 4. The molecule has 0 bridgehead atoms. The highest BCUT2D eigenvalue weighted by atomic mass is 16.2. The molecule has 144 valence electrons. The van der Waals surface area contributed by atoms with Crippen LogP contribution in [0.25, 0.3) is 0 Å². The van der Waals surface area contributed by atoms with Gasteiger partial charge in [0.2, 0.25) is 11.9 Å². The molecule has 0 unspecified atom stereocenters. The normalized spacial score (nSPS) is 14.1. The van der Waals surface area contributed by atoms with Gasteiger partial charge in [-0.1, -0.05) is 0 Å². The predicted molar refractivity (Wildman–Crippen MR) is 103 cm³/mol. The summed E-state index contributed by atoms with van der Waals surface area (Å²) in [5.74, 6) is 1.21. The van der Waals surface area contributed by atoms with E-state index in [-0.39, 0.29) is 17.7 Å². The number of amides is 1. The van der Waals surface area contributed by atoms with Crippen LogP contribution in [0.3, 0.4) is 0 Å². The van der Waals surface area contributed by atoms with E-state index in [1.165, 1.54) is 17.1 Å². The highest BCUT2D eigenvalue weighted by molar-refractivity contribution is 5.93. The summed E-state index contributed by atoms with van der Waals surface area (Å²) in [6.45, 7) is 1.96. The van der Waals surface area contributed by atoms with E-state index in [4.69, 9.17) is 0 Å². The highest BCUT2D eigenvalue weighted by Crippen LogP contribution is 2.17. The third-order valence-corrected chi connectivity index (χ3v) is 4.47. The molecule has 0 aromatic carbocycles. The van der Waals surface area contributed by atoms with Gasteiger partial charge in [0.05, 0.1) is 6.54 Å². The van der Waals surface area contributed by atoms with Gasteiger partial charge in [0.15, 0.2) is 5.82 Å². The molecule has 27 heavy (non-hydrogen) atoms. The summed E-state index contributed by atoms with van der Waals surface area (Å²) < 4.78 is 1.37. The zero-order chi connectivity index (χ0) is 19.4. The zero-order valence-corrected chi connectivity index (χ0v) is 16.0. The Balaban J connectivity index is 1.79. The van der Waals surface area contributed by atoms with Gasteiger partial charge < -0.3 is 19.7 Å². The van der Waals surface area contributed by atoms with E-state index < -0.39 is 5.91 Å². The average molecular weight is 371 g/mol. The van der Waals surface area contributed by atoms with Crippen LogP contribution in [0.1, 0.15) is 35.4 Å². The van der Waals surface area contributed by atoms with E-state index in [1.807, 2.05) is 19.0 Å². The molecule has 0 saturated carbocycles. The Hall–Kier alpha value is -2.97. The summed E-state index contributed by atoms with van der Waals surface area (Å²) >= 11 is 0. The third-order valence-electron chi connectivity index (χ3n) is 4.47. The SMILES string of the molecule is CN(C)c1nc(CNC(=O)c2cccn(C)c2=O)nc(N2CCCCC2)n1. The van der Waals surface area contributed by atoms with Gasteiger partial charge in [0.25, 0.3) is 11.5 Å². The minimum absolute atomic E-state index is 0.0955. The number of carbonyl (C=O) groups excluding carboxylic acids is 1. The number of hydrogen-bond acceptors (Lipinski definition) is 7. The van der Waals surface area contributed by atoms with Crippen LogP contribution in [-0.4, -0.2) is 52.6 Å².